The lowest BCUT2D eigenvalue weighted by Crippen LogP contribution is -2.58. The van der Waals surface area contributed by atoms with Crippen molar-refractivity contribution in [3.8, 4) is 17.2 Å². The first-order valence-electron chi connectivity index (χ1n) is 15.4. The van der Waals surface area contributed by atoms with Crippen LogP contribution in [0.2, 0.25) is 0 Å². The molecule has 4 bridgehead atoms. The highest BCUT2D eigenvalue weighted by molar-refractivity contribution is 5.95. The SMILES string of the molecule is CNc1cc(C(=O)N2CC[C@H]3OCc4cccc(c4)Oc4cc(ccc4OC)CN(CCCOC)CC(=O)N[C@H]3C2)ccn1.O=CO. The van der Waals surface area contributed by atoms with Crippen molar-refractivity contribution in [2.45, 2.75) is 38.1 Å². The second kappa shape index (κ2) is 17.8. The zero-order chi connectivity index (χ0) is 33.6. The molecule has 2 atom stereocenters. The third-order valence-corrected chi connectivity index (χ3v) is 7.86. The third-order valence-electron chi connectivity index (χ3n) is 7.86. The number of ether oxygens (including phenoxy) is 4. The highest BCUT2D eigenvalue weighted by Gasteiger charge is 2.34. The number of likely N-dealkylation sites (tertiary alicyclic amines) is 1. The summed E-state index contributed by atoms with van der Waals surface area (Å²) in [5.74, 6) is 2.29. The largest absolute Gasteiger partial charge is 0.493 e. The average molecular weight is 650 g/mol. The summed E-state index contributed by atoms with van der Waals surface area (Å²) in [7, 11) is 5.05. The third kappa shape index (κ3) is 10.1. The molecule has 2 aromatic carbocycles. The molecule has 47 heavy (non-hydrogen) atoms. The van der Waals surface area contributed by atoms with Crippen LogP contribution in [-0.4, -0.2) is 104 Å². The van der Waals surface area contributed by atoms with Gasteiger partial charge in [0.15, 0.2) is 11.5 Å². The monoisotopic (exact) mass is 649 g/mol. The first-order valence-corrected chi connectivity index (χ1v) is 15.4. The van der Waals surface area contributed by atoms with Gasteiger partial charge in [-0.15, -0.1) is 0 Å². The van der Waals surface area contributed by atoms with Crippen molar-refractivity contribution in [1.82, 2.24) is 20.1 Å². The zero-order valence-corrected chi connectivity index (χ0v) is 27.0. The van der Waals surface area contributed by atoms with E-state index in [-0.39, 0.29) is 37.0 Å². The van der Waals surface area contributed by atoms with Gasteiger partial charge in [-0.05, 0) is 60.4 Å². The number of rotatable bonds is 7. The molecule has 0 unspecified atom stereocenters. The van der Waals surface area contributed by atoms with Gasteiger partial charge in [0, 0.05) is 58.7 Å². The fourth-order valence-corrected chi connectivity index (χ4v) is 5.62. The molecule has 5 rings (SSSR count). The number of nitrogens with zero attached hydrogens (tertiary/aromatic N) is 3. The molecule has 0 saturated carbocycles. The molecular formula is C34H43N5O8. The van der Waals surface area contributed by atoms with E-state index in [4.69, 9.17) is 28.8 Å². The Kier molecular flexibility index (Phi) is 13.3. The molecule has 3 N–H and O–H groups in total. The van der Waals surface area contributed by atoms with Gasteiger partial charge in [0.25, 0.3) is 12.4 Å². The Morgan fingerprint density at radius 2 is 1.98 bits per heavy atom. The van der Waals surface area contributed by atoms with Crippen LogP contribution in [0.1, 0.15) is 34.3 Å². The number of pyridine rings is 1. The van der Waals surface area contributed by atoms with E-state index in [9.17, 15) is 9.59 Å². The summed E-state index contributed by atoms with van der Waals surface area (Å²) in [5.41, 5.74) is 2.47. The number of fused-ring (bicyclic) bond motifs is 5. The van der Waals surface area contributed by atoms with Crippen molar-refractivity contribution < 1.29 is 38.4 Å². The summed E-state index contributed by atoms with van der Waals surface area (Å²) in [6.45, 7) is 2.88. The van der Waals surface area contributed by atoms with E-state index >= 15 is 0 Å². The van der Waals surface area contributed by atoms with E-state index in [0.29, 0.717) is 74.4 Å². The molecule has 0 aliphatic carbocycles. The smallest absolute Gasteiger partial charge is 0.290 e. The average Bonchev–Trinajstić information content (AvgIpc) is 3.07. The van der Waals surface area contributed by atoms with Crippen LogP contribution in [0.4, 0.5) is 5.82 Å². The van der Waals surface area contributed by atoms with Crippen LogP contribution in [0.3, 0.4) is 0 Å². The first-order chi connectivity index (χ1) is 22.9. The molecule has 13 heteroatoms. The molecule has 2 aliphatic heterocycles. The van der Waals surface area contributed by atoms with Crippen LogP contribution in [0, 0.1) is 0 Å². The molecule has 3 heterocycles. The van der Waals surface area contributed by atoms with E-state index < -0.39 is 0 Å². The fourth-order valence-electron chi connectivity index (χ4n) is 5.62. The standard InChI is InChI=1S/C33H41N5O6.CH2O2/c1-34-31-18-25(10-12-35-31)33(40)38-14-11-28-27(20-38)36-32(39)21-37(13-5-15-41-2)19-23-8-9-29(42-3)30(17-23)44-26-7-4-6-24(16-26)22-43-28;2-1-3/h4,6-10,12,16-18,27-28H,5,11,13-15,19-22H2,1-3H3,(H,34,35)(H,36,39);1H,(H,2,3)/t27-,28+;/m0./s1. The van der Waals surface area contributed by atoms with E-state index in [0.717, 1.165) is 17.5 Å². The lowest BCUT2D eigenvalue weighted by Gasteiger charge is -2.39. The van der Waals surface area contributed by atoms with Crippen molar-refractivity contribution in [3.63, 3.8) is 0 Å². The van der Waals surface area contributed by atoms with Gasteiger partial charge in [-0.2, -0.15) is 0 Å². The molecule has 0 spiro atoms. The van der Waals surface area contributed by atoms with E-state index in [1.807, 2.05) is 42.5 Å². The zero-order valence-electron chi connectivity index (χ0n) is 27.0. The van der Waals surface area contributed by atoms with E-state index in [1.54, 1.807) is 44.5 Å². The molecule has 1 saturated heterocycles. The number of hydrogen-bond donors (Lipinski definition) is 3. The van der Waals surface area contributed by atoms with Crippen LogP contribution in [0.25, 0.3) is 0 Å². The minimum absolute atomic E-state index is 0.106. The molecule has 1 fully saturated rings. The maximum atomic E-state index is 13.6. The van der Waals surface area contributed by atoms with Crippen molar-refractivity contribution in [2.75, 3.05) is 59.4 Å². The molecule has 2 amide bonds. The molecule has 1 aromatic heterocycles. The van der Waals surface area contributed by atoms with Gasteiger partial charge < -0.3 is 39.6 Å². The Bertz CT molecular complexity index is 1490. The highest BCUT2D eigenvalue weighted by Crippen LogP contribution is 2.33. The number of hydrogen-bond acceptors (Lipinski definition) is 10. The van der Waals surface area contributed by atoms with Crippen molar-refractivity contribution in [2.24, 2.45) is 0 Å². The molecule has 252 valence electrons. The van der Waals surface area contributed by atoms with Crippen molar-refractivity contribution in [3.05, 3.63) is 77.5 Å². The number of nitrogens with one attached hydrogen (secondary N) is 2. The van der Waals surface area contributed by atoms with Gasteiger partial charge in [0.1, 0.15) is 11.6 Å². The lowest BCUT2D eigenvalue weighted by molar-refractivity contribution is -0.125. The quantitative estimate of drug-likeness (QED) is 0.255. The number of methoxy groups -OCH3 is 2. The summed E-state index contributed by atoms with van der Waals surface area (Å²) in [6.07, 6.45) is 2.69. The molecule has 2 aliphatic rings. The summed E-state index contributed by atoms with van der Waals surface area (Å²) >= 11 is 0. The Morgan fingerprint density at radius 3 is 2.74 bits per heavy atom. The lowest BCUT2D eigenvalue weighted by atomic mass is 10.0. The number of carbonyl (C=O) groups is 3. The summed E-state index contributed by atoms with van der Waals surface area (Å²) < 4.78 is 23.6. The number of aromatic nitrogens is 1. The van der Waals surface area contributed by atoms with Gasteiger partial charge in [-0.1, -0.05) is 18.2 Å². The second-order valence-electron chi connectivity index (χ2n) is 11.1. The normalized spacial score (nSPS) is 18.4. The number of benzene rings is 2. The molecule has 0 radical (unpaired) electrons. The van der Waals surface area contributed by atoms with E-state index in [2.05, 4.69) is 20.5 Å². The number of carbonyl (C=O) groups excluding carboxylic acids is 2. The second-order valence-corrected chi connectivity index (χ2v) is 11.1. The summed E-state index contributed by atoms with van der Waals surface area (Å²) in [4.78, 5) is 43.5. The van der Waals surface area contributed by atoms with Gasteiger partial charge in [0.2, 0.25) is 5.91 Å². The Balaban J connectivity index is 0.00000160. The minimum atomic E-state index is -0.383. The summed E-state index contributed by atoms with van der Waals surface area (Å²) in [6, 6.07) is 16.7. The Hall–Kier alpha value is -4.72. The van der Waals surface area contributed by atoms with Crippen LogP contribution in [0.5, 0.6) is 17.2 Å². The van der Waals surface area contributed by atoms with Gasteiger partial charge >= 0.3 is 0 Å². The maximum absolute atomic E-state index is 13.6. The number of piperidine rings is 1. The number of amides is 2. The van der Waals surface area contributed by atoms with Crippen LogP contribution < -0.4 is 20.1 Å². The van der Waals surface area contributed by atoms with Crippen molar-refractivity contribution in [1.29, 1.82) is 0 Å². The van der Waals surface area contributed by atoms with Crippen LogP contribution in [-0.2, 0) is 32.2 Å². The van der Waals surface area contributed by atoms with Gasteiger partial charge in [-0.3, -0.25) is 19.3 Å². The first kappa shape index (κ1) is 35.1. The van der Waals surface area contributed by atoms with Crippen molar-refractivity contribution >= 4 is 24.1 Å². The minimum Gasteiger partial charge on any atom is -0.493 e. The Morgan fingerprint density at radius 1 is 1.15 bits per heavy atom. The van der Waals surface area contributed by atoms with Gasteiger partial charge in [0.05, 0.1) is 32.4 Å². The molecule has 13 nitrogen and oxygen atoms in total. The predicted octanol–water partition coefficient (Wildman–Crippen LogP) is 3.39. The fraction of sp³-hybridized carbons (Fsp3) is 0.412. The number of anilines is 1. The Labute approximate surface area is 274 Å². The highest BCUT2D eigenvalue weighted by atomic mass is 16.5. The van der Waals surface area contributed by atoms with Crippen LogP contribution in [0.15, 0.2) is 60.8 Å². The van der Waals surface area contributed by atoms with Gasteiger partial charge in [-0.25, -0.2) is 4.98 Å². The van der Waals surface area contributed by atoms with Crippen LogP contribution >= 0.6 is 0 Å². The van der Waals surface area contributed by atoms with E-state index in [1.165, 1.54) is 0 Å². The molecular weight excluding hydrogens is 606 g/mol. The maximum Gasteiger partial charge on any atom is 0.290 e. The number of carboxylic acid groups (broad SMARTS) is 1. The molecule has 3 aromatic rings. The topological polar surface area (TPSA) is 152 Å². The summed E-state index contributed by atoms with van der Waals surface area (Å²) in [5, 5.41) is 13.1. The predicted molar refractivity (Wildman–Crippen MR) is 175 cm³/mol.